The summed E-state index contributed by atoms with van der Waals surface area (Å²) in [6.45, 7) is 1.21. The number of aromatic amines is 1. The van der Waals surface area contributed by atoms with Crippen molar-refractivity contribution in [2.45, 2.75) is 37.6 Å². The van der Waals surface area contributed by atoms with Crippen LogP contribution in [0.2, 0.25) is 0 Å². The molecule has 17 heavy (non-hydrogen) atoms. The molecule has 0 spiro atoms. The van der Waals surface area contributed by atoms with Crippen molar-refractivity contribution >= 4 is 10.9 Å². The average molecular weight is 226 g/mol. The van der Waals surface area contributed by atoms with Gasteiger partial charge in [-0.25, -0.2) is 0 Å². The number of aryl methyl sites for hydroxylation is 1. The van der Waals surface area contributed by atoms with Crippen molar-refractivity contribution in [3.8, 4) is 0 Å². The number of piperidine rings is 1. The molecule has 1 saturated heterocycles. The summed E-state index contributed by atoms with van der Waals surface area (Å²) in [5, 5.41) is 5.15. The highest BCUT2D eigenvalue weighted by atomic mass is 14.9. The zero-order chi connectivity index (χ0) is 11.2. The smallest absolute Gasteiger partial charge is 0.0456 e. The van der Waals surface area contributed by atoms with Crippen LogP contribution in [0, 0.1) is 0 Å². The Hall–Kier alpha value is -1.28. The van der Waals surface area contributed by atoms with Crippen molar-refractivity contribution in [3.63, 3.8) is 0 Å². The summed E-state index contributed by atoms with van der Waals surface area (Å²) in [6.07, 6.45) is 7.29. The van der Waals surface area contributed by atoms with Crippen LogP contribution in [0.1, 0.15) is 36.3 Å². The molecular weight excluding hydrogens is 208 g/mol. The van der Waals surface area contributed by atoms with E-state index in [1.807, 2.05) is 0 Å². The summed E-state index contributed by atoms with van der Waals surface area (Å²) < 4.78 is 0. The van der Waals surface area contributed by atoms with Crippen LogP contribution >= 0.6 is 0 Å². The number of hydrogen-bond donors (Lipinski definition) is 2. The third kappa shape index (κ3) is 1.37. The molecule has 1 aliphatic heterocycles. The van der Waals surface area contributed by atoms with E-state index in [4.69, 9.17) is 0 Å². The normalized spacial score (nSPS) is 27.8. The second-order valence-corrected chi connectivity index (χ2v) is 5.42. The maximum Gasteiger partial charge on any atom is 0.0456 e. The van der Waals surface area contributed by atoms with Gasteiger partial charge in [-0.1, -0.05) is 6.07 Å². The number of nitrogens with one attached hydrogen (secondary N) is 2. The Labute approximate surface area is 101 Å². The Bertz CT molecular complexity index is 555. The zero-order valence-corrected chi connectivity index (χ0v) is 10.00. The van der Waals surface area contributed by atoms with Gasteiger partial charge in [0, 0.05) is 23.1 Å². The molecule has 2 aliphatic rings. The molecule has 0 saturated carbocycles. The van der Waals surface area contributed by atoms with Gasteiger partial charge >= 0.3 is 0 Å². The summed E-state index contributed by atoms with van der Waals surface area (Å²) in [7, 11) is 0. The Balaban J connectivity index is 1.89. The van der Waals surface area contributed by atoms with Crippen molar-refractivity contribution < 1.29 is 0 Å². The number of H-pyrrole nitrogens is 1. The molecule has 1 aromatic carbocycles. The maximum atomic E-state index is 3.70. The Morgan fingerprint density at radius 3 is 3.12 bits per heavy atom. The second kappa shape index (κ2) is 3.61. The number of rotatable bonds is 0. The molecule has 0 radical (unpaired) electrons. The topological polar surface area (TPSA) is 27.8 Å². The first-order chi connectivity index (χ1) is 8.43. The highest BCUT2D eigenvalue weighted by Crippen LogP contribution is 2.39. The third-order valence-electron chi connectivity index (χ3n) is 4.57. The number of hydrogen-bond acceptors (Lipinski definition) is 1. The van der Waals surface area contributed by atoms with E-state index in [1.54, 1.807) is 11.1 Å². The summed E-state index contributed by atoms with van der Waals surface area (Å²) in [6, 6.07) is 7.58. The molecule has 4 rings (SSSR count). The van der Waals surface area contributed by atoms with Gasteiger partial charge < -0.3 is 10.3 Å². The van der Waals surface area contributed by atoms with Gasteiger partial charge in [0.2, 0.25) is 0 Å². The van der Waals surface area contributed by atoms with Crippen LogP contribution in [0.25, 0.3) is 10.9 Å². The predicted molar refractivity (Wildman–Crippen MR) is 70.4 cm³/mol. The van der Waals surface area contributed by atoms with Crippen LogP contribution in [0.3, 0.4) is 0 Å². The molecule has 1 aliphatic carbocycles. The summed E-state index contributed by atoms with van der Waals surface area (Å²) in [5.74, 6) is 0.756. The van der Waals surface area contributed by atoms with Crippen molar-refractivity contribution in [3.05, 3.63) is 35.5 Å². The summed E-state index contributed by atoms with van der Waals surface area (Å²) in [4.78, 5) is 3.33. The predicted octanol–water partition coefficient (Wildman–Crippen LogP) is 2.95. The van der Waals surface area contributed by atoms with Crippen molar-refractivity contribution in [2.24, 2.45) is 0 Å². The second-order valence-electron chi connectivity index (χ2n) is 5.42. The fourth-order valence-corrected chi connectivity index (χ4v) is 3.77. The quantitative estimate of drug-likeness (QED) is 0.710. The molecule has 2 aromatic rings. The lowest BCUT2D eigenvalue weighted by atomic mass is 9.74. The first-order valence-electron chi connectivity index (χ1n) is 6.76. The lowest BCUT2D eigenvalue weighted by Crippen LogP contribution is -2.42. The molecule has 1 fully saturated rings. The summed E-state index contributed by atoms with van der Waals surface area (Å²) >= 11 is 0. The minimum atomic E-state index is 0.729. The molecule has 2 heterocycles. The molecule has 2 N–H and O–H groups in total. The molecule has 2 atom stereocenters. The van der Waals surface area contributed by atoms with E-state index < -0.39 is 0 Å². The molecule has 88 valence electrons. The number of benzene rings is 1. The van der Waals surface area contributed by atoms with E-state index in [2.05, 4.69) is 34.7 Å². The molecule has 2 unspecified atom stereocenters. The van der Waals surface area contributed by atoms with Gasteiger partial charge in [-0.3, -0.25) is 0 Å². The van der Waals surface area contributed by atoms with Gasteiger partial charge in [-0.2, -0.15) is 0 Å². The zero-order valence-electron chi connectivity index (χ0n) is 10.00. The van der Waals surface area contributed by atoms with Gasteiger partial charge in [0.15, 0.2) is 0 Å². The van der Waals surface area contributed by atoms with Crippen molar-refractivity contribution in [2.75, 3.05) is 6.54 Å². The summed E-state index contributed by atoms with van der Waals surface area (Å²) in [5.41, 5.74) is 4.51. The van der Waals surface area contributed by atoms with Gasteiger partial charge in [0.25, 0.3) is 0 Å². The van der Waals surface area contributed by atoms with Crippen LogP contribution in [0.4, 0.5) is 0 Å². The third-order valence-corrected chi connectivity index (χ3v) is 4.57. The van der Waals surface area contributed by atoms with Gasteiger partial charge in [-0.05, 0) is 61.4 Å². The van der Waals surface area contributed by atoms with Gasteiger partial charge in [0.1, 0.15) is 0 Å². The molecule has 0 amide bonds. The lowest BCUT2D eigenvalue weighted by molar-refractivity contribution is 0.320. The largest absolute Gasteiger partial charge is 0.361 e. The van der Waals surface area contributed by atoms with Crippen LogP contribution in [0.15, 0.2) is 24.4 Å². The van der Waals surface area contributed by atoms with E-state index >= 15 is 0 Å². The molecule has 0 bridgehead atoms. The highest BCUT2D eigenvalue weighted by Gasteiger charge is 2.31. The van der Waals surface area contributed by atoms with Crippen molar-refractivity contribution in [1.82, 2.24) is 10.3 Å². The van der Waals surface area contributed by atoms with E-state index in [1.165, 1.54) is 43.1 Å². The number of aromatic nitrogens is 1. The number of fused-ring (bicyclic) bond motifs is 5. The maximum absolute atomic E-state index is 3.70. The Morgan fingerprint density at radius 1 is 1.12 bits per heavy atom. The lowest BCUT2D eigenvalue weighted by Gasteiger charge is -2.38. The Kier molecular flexibility index (Phi) is 2.06. The SMILES string of the molecule is c1cc2c3c(ccc2[nH]1)C1CCCNC1CC3. The van der Waals surface area contributed by atoms with E-state index in [-0.39, 0.29) is 0 Å². The van der Waals surface area contributed by atoms with Gasteiger partial charge in [0.05, 0.1) is 0 Å². The molecular formula is C15H18N2. The van der Waals surface area contributed by atoms with Crippen LogP contribution in [-0.2, 0) is 6.42 Å². The van der Waals surface area contributed by atoms with Gasteiger partial charge in [-0.15, -0.1) is 0 Å². The first-order valence-corrected chi connectivity index (χ1v) is 6.76. The average Bonchev–Trinajstić information content (AvgIpc) is 2.86. The van der Waals surface area contributed by atoms with Crippen LogP contribution in [-0.4, -0.2) is 17.6 Å². The standard InChI is InChI=1S/C15H18N2/c1-2-12-10-3-6-15-13(7-9-17-15)11(10)4-5-14(12)16-8-1/h3,6-7,9,12,14,16-17H,1-2,4-5,8H2. The highest BCUT2D eigenvalue weighted by molar-refractivity contribution is 5.84. The van der Waals surface area contributed by atoms with Crippen LogP contribution in [0.5, 0.6) is 0 Å². The Morgan fingerprint density at radius 2 is 2.12 bits per heavy atom. The molecule has 1 aromatic heterocycles. The molecule has 2 heteroatoms. The fraction of sp³-hybridized carbons (Fsp3) is 0.467. The van der Waals surface area contributed by atoms with Crippen LogP contribution < -0.4 is 5.32 Å². The van der Waals surface area contributed by atoms with E-state index in [0.29, 0.717) is 0 Å². The molecule has 2 nitrogen and oxygen atoms in total. The minimum Gasteiger partial charge on any atom is -0.361 e. The first kappa shape index (κ1) is 9.72. The van der Waals surface area contributed by atoms with E-state index in [0.717, 1.165) is 12.0 Å². The minimum absolute atomic E-state index is 0.729. The van der Waals surface area contributed by atoms with E-state index in [9.17, 15) is 0 Å². The van der Waals surface area contributed by atoms with Crippen molar-refractivity contribution in [1.29, 1.82) is 0 Å². The monoisotopic (exact) mass is 226 g/mol. The fourth-order valence-electron chi connectivity index (χ4n) is 3.77.